The molecule has 0 aliphatic heterocycles. The minimum absolute atomic E-state index is 0.108. The highest BCUT2D eigenvalue weighted by Crippen LogP contribution is 2.19. The van der Waals surface area contributed by atoms with Gasteiger partial charge in [0.05, 0.1) is 16.9 Å². The standard InChI is InChI=1S/C10H15N3OS2/c1-5-4-12-10(16-5)7(3)13-9(14)6(2)8(11)15/h4,6-7H,1-3H3,(H2,11,15)(H,13,14). The van der Waals surface area contributed by atoms with Crippen molar-refractivity contribution in [3.8, 4) is 0 Å². The molecule has 3 N–H and O–H groups in total. The van der Waals surface area contributed by atoms with E-state index in [1.165, 1.54) is 0 Å². The largest absolute Gasteiger partial charge is 0.393 e. The van der Waals surface area contributed by atoms with E-state index in [0.29, 0.717) is 0 Å². The summed E-state index contributed by atoms with van der Waals surface area (Å²) < 4.78 is 0. The summed E-state index contributed by atoms with van der Waals surface area (Å²) in [5, 5.41) is 3.72. The predicted octanol–water partition coefficient (Wildman–Crippen LogP) is 1.55. The van der Waals surface area contributed by atoms with Gasteiger partial charge in [0.15, 0.2) is 0 Å². The molecule has 0 aliphatic rings. The maximum absolute atomic E-state index is 11.7. The van der Waals surface area contributed by atoms with Gasteiger partial charge >= 0.3 is 0 Å². The van der Waals surface area contributed by atoms with E-state index in [1.54, 1.807) is 24.5 Å². The van der Waals surface area contributed by atoms with Gasteiger partial charge in [0.1, 0.15) is 5.01 Å². The van der Waals surface area contributed by atoms with Crippen LogP contribution in [0.5, 0.6) is 0 Å². The first-order chi connectivity index (χ1) is 7.41. The lowest BCUT2D eigenvalue weighted by Gasteiger charge is -2.14. The zero-order valence-electron chi connectivity index (χ0n) is 9.48. The second kappa shape index (κ2) is 5.36. The Morgan fingerprint density at radius 1 is 1.62 bits per heavy atom. The molecule has 1 aromatic heterocycles. The zero-order valence-corrected chi connectivity index (χ0v) is 11.1. The molecule has 2 unspecified atom stereocenters. The van der Waals surface area contributed by atoms with Crippen molar-refractivity contribution in [1.82, 2.24) is 10.3 Å². The number of carbonyl (C=O) groups is 1. The van der Waals surface area contributed by atoms with Gasteiger partial charge in [-0.05, 0) is 20.8 Å². The second-order valence-corrected chi connectivity index (χ2v) is 5.40. The number of nitrogens with zero attached hydrogens (tertiary/aromatic N) is 1. The van der Waals surface area contributed by atoms with E-state index in [4.69, 9.17) is 18.0 Å². The maximum Gasteiger partial charge on any atom is 0.230 e. The SMILES string of the molecule is Cc1cnc(C(C)NC(=O)C(C)C(N)=S)s1. The number of hydrogen-bond acceptors (Lipinski definition) is 4. The molecule has 4 nitrogen and oxygen atoms in total. The van der Waals surface area contributed by atoms with Crippen molar-refractivity contribution < 1.29 is 4.79 Å². The summed E-state index contributed by atoms with van der Waals surface area (Å²) in [5.74, 6) is -0.605. The molecular formula is C10H15N3OS2. The minimum atomic E-state index is -0.446. The lowest BCUT2D eigenvalue weighted by molar-refractivity contribution is -0.123. The third-order valence-electron chi connectivity index (χ3n) is 2.19. The van der Waals surface area contributed by atoms with Crippen molar-refractivity contribution in [3.05, 3.63) is 16.1 Å². The summed E-state index contributed by atoms with van der Waals surface area (Å²) >= 11 is 6.34. The first kappa shape index (κ1) is 13.1. The number of aromatic nitrogens is 1. The van der Waals surface area contributed by atoms with Crippen molar-refractivity contribution in [2.45, 2.75) is 26.8 Å². The van der Waals surface area contributed by atoms with Gasteiger partial charge < -0.3 is 11.1 Å². The fraction of sp³-hybridized carbons (Fsp3) is 0.500. The quantitative estimate of drug-likeness (QED) is 0.803. The molecule has 6 heteroatoms. The Bertz CT molecular complexity index is 403. The van der Waals surface area contributed by atoms with E-state index < -0.39 is 5.92 Å². The Kier molecular flexibility index (Phi) is 4.37. The zero-order chi connectivity index (χ0) is 12.3. The van der Waals surface area contributed by atoms with Crippen molar-refractivity contribution in [2.24, 2.45) is 11.7 Å². The molecule has 0 saturated heterocycles. The van der Waals surface area contributed by atoms with Crippen molar-refractivity contribution in [1.29, 1.82) is 0 Å². The monoisotopic (exact) mass is 257 g/mol. The smallest absolute Gasteiger partial charge is 0.230 e. The molecular weight excluding hydrogens is 242 g/mol. The Morgan fingerprint density at radius 3 is 2.69 bits per heavy atom. The number of thiocarbonyl (C=S) groups is 1. The molecule has 1 heterocycles. The summed E-state index contributed by atoms with van der Waals surface area (Å²) in [5.41, 5.74) is 5.41. The van der Waals surface area contributed by atoms with Crippen LogP contribution >= 0.6 is 23.6 Å². The Balaban J connectivity index is 2.61. The normalized spacial score (nSPS) is 14.2. The molecule has 1 aromatic rings. The van der Waals surface area contributed by atoms with E-state index in [-0.39, 0.29) is 16.9 Å². The van der Waals surface area contributed by atoms with Gasteiger partial charge in [0, 0.05) is 11.1 Å². The van der Waals surface area contributed by atoms with Crippen LogP contribution in [0.1, 0.15) is 29.8 Å². The number of rotatable bonds is 4. The highest BCUT2D eigenvalue weighted by Gasteiger charge is 2.19. The number of aryl methyl sites for hydroxylation is 1. The average Bonchev–Trinajstić information content (AvgIpc) is 2.63. The molecule has 1 rings (SSSR count). The first-order valence-corrected chi connectivity index (χ1v) is 6.16. The molecule has 2 atom stereocenters. The number of carbonyl (C=O) groups excluding carboxylic acids is 1. The fourth-order valence-corrected chi connectivity index (χ4v) is 1.99. The van der Waals surface area contributed by atoms with E-state index >= 15 is 0 Å². The van der Waals surface area contributed by atoms with Gasteiger partial charge in [0.25, 0.3) is 0 Å². The van der Waals surface area contributed by atoms with Crippen LogP contribution in [0.3, 0.4) is 0 Å². The Hall–Kier alpha value is -1.01. The highest BCUT2D eigenvalue weighted by molar-refractivity contribution is 7.80. The summed E-state index contributed by atoms with van der Waals surface area (Å²) in [7, 11) is 0. The van der Waals surface area contributed by atoms with Gasteiger partial charge in [-0.15, -0.1) is 11.3 Å². The van der Waals surface area contributed by atoms with Gasteiger partial charge in [0.2, 0.25) is 5.91 Å². The first-order valence-electron chi connectivity index (χ1n) is 4.94. The number of amides is 1. The topological polar surface area (TPSA) is 68.0 Å². The van der Waals surface area contributed by atoms with E-state index in [9.17, 15) is 4.79 Å². The average molecular weight is 257 g/mol. The molecule has 0 aromatic carbocycles. The van der Waals surface area contributed by atoms with E-state index in [0.717, 1.165) is 9.88 Å². The molecule has 0 spiro atoms. The van der Waals surface area contributed by atoms with Crippen LogP contribution in [-0.4, -0.2) is 15.9 Å². The van der Waals surface area contributed by atoms with Crippen molar-refractivity contribution in [2.75, 3.05) is 0 Å². The predicted molar refractivity (Wildman–Crippen MR) is 69.4 cm³/mol. The van der Waals surface area contributed by atoms with Crippen LogP contribution in [0.25, 0.3) is 0 Å². The Morgan fingerprint density at radius 2 is 2.25 bits per heavy atom. The Labute approximate surface area is 104 Å². The van der Waals surface area contributed by atoms with Crippen LogP contribution in [0.2, 0.25) is 0 Å². The van der Waals surface area contributed by atoms with Crippen LogP contribution in [-0.2, 0) is 4.79 Å². The molecule has 0 saturated carbocycles. The molecule has 16 heavy (non-hydrogen) atoms. The molecule has 88 valence electrons. The lowest BCUT2D eigenvalue weighted by Crippen LogP contribution is -2.37. The van der Waals surface area contributed by atoms with Crippen LogP contribution in [0, 0.1) is 12.8 Å². The van der Waals surface area contributed by atoms with Crippen LogP contribution < -0.4 is 11.1 Å². The van der Waals surface area contributed by atoms with Crippen molar-refractivity contribution >= 4 is 34.5 Å². The van der Waals surface area contributed by atoms with E-state index in [2.05, 4.69) is 10.3 Å². The van der Waals surface area contributed by atoms with Gasteiger partial charge in [-0.3, -0.25) is 4.79 Å². The van der Waals surface area contributed by atoms with Crippen LogP contribution in [0.15, 0.2) is 6.20 Å². The third kappa shape index (κ3) is 3.24. The number of nitrogens with one attached hydrogen (secondary N) is 1. The summed E-state index contributed by atoms with van der Waals surface area (Å²) in [4.78, 5) is 17.2. The molecule has 0 bridgehead atoms. The summed E-state index contributed by atoms with van der Waals surface area (Å²) in [6, 6.07) is -0.108. The third-order valence-corrected chi connectivity index (χ3v) is 3.64. The van der Waals surface area contributed by atoms with E-state index in [1.807, 2.05) is 13.8 Å². The molecule has 1 amide bonds. The molecule has 0 aliphatic carbocycles. The van der Waals surface area contributed by atoms with Crippen LogP contribution in [0.4, 0.5) is 0 Å². The minimum Gasteiger partial charge on any atom is -0.393 e. The second-order valence-electron chi connectivity index (χ2n) is 3.66. The summed E-state index contributed by atoms with van der Waals surface area (Å²) in [6.07, 6.45) is 1.79. The lowest BCUT2D eigenvalue weighted by atomic mass is 10.1. The fourth-order valence-electron chi connectivity index (χ4n) is 1.10. The number of hydrogen-bond donors (Lipinski definition) is 2. The van der Waals surface area contributed by atoms with Gasteiger partial charge in [-0.25, -0.2) is 4.98 Å². The summed E-state index contributed by atoms with van der Waals surface area (Å²) in [6.45, 7) is 5.56. The number of nitrogens with two attached hydrogens (primary N) is 1. The highest BCUT2D eigenvalue weighted by atomic mass is 32.1. The van der Waals surface area contributed by atoms with Gasteiger partial charge in [-0.1, -0.05) is 12.2 Å². The maximum atomic E-state index is 11.7. The molecule has 0 fully saturated rings. The number of thiazole rings is 1. The van der Waals surface area contributed by atoms with Crippen molar-refractivity contribution in [3.63, 3.8) is 0 Å². The molecule has 0 radical (unpaired) electrons. The van der Waals surface area contributed by atoms with Gasteiger partial charge in [-0.2, -0.15) is 0 Å².